The summed E-state index contributed by atoms with van der Waals surface area (Å²) in [6, 6.07) is 12.5. The number of benzene rings is 2. The van der Waals surface area contributed by atoms with Gasteiger partial charge in [0.2, 0.25) is 5.91 Å². The number of ether oxygens (including phenoxy) is 2. The number of rotatable bonds is 6. The van der Waals surface area contributed by atoms with Gasteiger partial charge in [0.1, 0.15) is 13.2 Å². The third-order valence-electron chi connectivity index (χ3n) is 4.17. The molecule has 1 N–H and O–H groups in total. The zero-order valence-corrected chi connectivity index (χ0v) is 16.5. The van der Waals surface area contributed by atoms with E-state index in [9.17, 15) is 13.2 Å². The van der Waals surface area contributed by atoms with Gasteiger partial charge in [0.25, 0.3) is 0 Å². The molecule has 2 aromatic carbocycles. The van der Waals surface area contributed by atoms with Crippen molar-refractivity contribution in [1.29, 1.82) is 0 Å². The molecule has 0 radical (unpaired) electrons. The van der Waals surface area contributed by atoms with Crippen molar-refractivity contribution in [2.45, 2.75) is 12.2 Å². The first-order chi connectivity index (χ1) is 13.5. The van der Waals surface area contributed by atoms with Crippen molar-refractivity contribution >= 4 is 42.4 Å². The van der Waals surface area contributed by atoms with E-state index >= 15 is 0 Å². The Bertz CT molecular complexity index is 1070. The number of hydrogen-bond donors (Lipinski definition) is 1. The normalized spacial score (nSPS) is 13.4. The summed E-state index contributed by atoms with van der Waals surface area (Å²) in [7, 11) is -3.37. The predicted octanol–water partition coefficient (Wildman–Crippen LogP) is 3.01. The van der Waals surface area contributed by atoms with E-state index in [-0.39, 0.29) is 23.8 Å². The van der Waals surface area contributed by atoms with Crippen molar-refractivity contribution in [3.63, 3.8) is 0 Å². The fourth-order valence-corrected chi connectivity index (χ4v) is 5.08. The molecule has 1 amide bonds. The highest BCUT2D eigenvalue weighted by atomic mass is 32.2. The van der Waals surface area contributed by atoms with Crippen molar-refractivity contribution in [3.05, 3.63) is 48.0 Å². The van der Waals surface area contributed by atoms with E-state index in [1.54, 1.807) is 30.3 Å². The Kier molecular flexibility index (Phi) is 5.19. The van der Waals surface area contributed by atoms with Crippen LogP contribution in [0.5, 0.6) is 11.5 Å². The van der Waals surface area contributed by atoms with Gasteiger partial charge in [0.05, 0.1) is 21.7 Å². The highest BCUT2D eigenvalue weighted by molar-refractivity contribution is 7.90. The fraction of sp³-hybridized carbons (Fsp3) is 0.263. The number of fused-ring (bicyclic) bond motifs is 2. The van der Waals surface area contributed by atoms with Gasteiger partial charge in [-0.1, -0.05) is 41.7 Å². The lowest BCUT2D eigenvalue weighted by atomic mass is 10.2. The predicted molar refractivity (Wildman–Crippen MR) is 108 cm³/mol. The summed E-state index contributed by atoms with van der Waals surface area (Å²) in [5.74, 6) is 0.622. The van der Waals surface area contributed by atoms with Crippen LogP contribution in [0.15, 0.2) is 42.5 Å². The maximum atomic E-state index is 12.2. The van der Waals surface area contributed by atoms with Crippen LogP contribution in [-0.4, -0.2) is 38.3 Å². The highest BCUT2D eigenvalue weighted by Gasteiger charge is 2.18. The summed E-state index contributed by atoms with van der Waals surface area (Å²) in [6.45, 7) is 0.988. The maximum Gasteiger partial charge on any atom is 0.227 e. The molecule has 0 atom stereocenters. The minimum Gasteiger partial charge on any atom is -0.486 e. The minimum atomic E-state index is -3.37. The number of carbonyl (C=O) groups is 1. The largest absolute Gasteiger partial charge is 0.486 e. The Morgan fingerprint density at radius 3 is 2.57 bits per heavy atom. The van der Waals surface area contributed by atoms with E-state index in [2.05, 4.69) is 10.3 Å². The molecule has 3 aromatic rings. The van der Waals surface area contributed by atoms with E-state index in [1.807, 2.05) is 12.1 Å². The van der Waals surface area contributed by atoms with Gasteiger partial charge in [-0.05, 0) is 5.56 Å². The first kappa shape index (κ1) is 18.7. The molecule has 28 heavy (non-hydrogen) atoms. The second-order valence-corrected chi connectivity index (χ2v) is 9.57. The molecule has 0 fully saturated rings. The van der Waals surface area contributed by atoms with Gasteiger partial charge < -0.3 is 14.8 Å². The molecule has 0 saturated heterocycles. The van der Waals surface area contributed by atoms with Crippen LogP contribution in [0, 0.1) is 0 Å². The molecule has 4 rings (SSSR count). The lowest BCUT2D eigenvalue weighted by Crippen LogP contribution is -2.18. The molecular formula is C19H18N2O5S2. The molecule has 0 unspecified atom stereocenters. The zero-order valence-electron chi connectivity index (χ0n) is 14.9. The number of nitrogens with one attached hydrogen (secondary N) is 1. The number of thiazole rings is 1. The number of nitrogens with zero attached hydrogens (tertiary/aromatic N) is 1. The number of carbonyl (C=O) groups excluding carboxylic acids is 1. The van der Waals surface area contributed by atoms with Crippen LogP contribution in [0.3, 0.4) is 0 Å². The Balaban J connectivity index is 1.38. The van der Waals surface area contributed by atoms with E-state index in [4.69, 9.17) is 9.47 Å². The average molecular weight is 418 g/mol. The second kappa shape index (κ2) is 7.76. The van der Waals surface area contributed by atoms with Gasteiger partial charge >= 0.3 is 0 Å². The molecule has 9 heteroatoms. The monoisotopic (exact) mass is 418 g/mol. The standard InChI is InChI=1S/C19H18N2O5S2/c22-18(6-9-28(23,24)12-13-4-2-1-3-5-13)21-19-20-14-10-15-16(11-17(14)27-19)26-8-7-25-15/h1-5,10-11H,6-9,12H2,(H,20,21,22). The van der Waals surface area contributed by atoms with Gasteiger partial charge in [-0.15, -0.1) is 0 Å². The van der Waals surface area contributed by atoms with Gasteiger partial charge in [-0.3, -0.25) is 4.79 Å². The lowest BCUT2D eigenvalue weighted by Gasteiger charge is -2.17. The number of amides is 1. The van der Waals surface area contributed by atoms with Crippen LogP contribution >= 0.6 is 11.3 Å². The molecule has 146 valence electrons. The molecular weight excluding hydrogens is 400 g/mol. The van der Waals surface area contributed by atoms with Crippen molar-refractivity contribution in [1.82, 2.24) is 4.98 Å². The van der Waals surface area contributed by atoms with E-state index in [1.165, 1.54) is 11.3 Å². The highest BCUT2D eigenvalue weighted by Crippen LogP contribution is 2.37. The Labute approximate surface area is 166 Å². The third-order valence-corrected chi connectivity index (χ3v) is 6.70. The maximum absolute atomic E-state index is 12.2. The van der Waals surface area contributed by atoms with E-state index in [0.29, 0.717) is 40.9 Å². The molecule has 1 aliphatic rings. The number of anilines is 1. The van der Waals surface area contributed by atoms with Gasteiger partial charge in [0.15, 0.2) is 26.5 Å². The molecule has 1 aliphatic heterocycles. The minimum absolute atomic E-state index is 0.0756. The molecule has 0 spiro atoms. The average Bonchev–Trinajstić information content (AvgIpc) is 3.06. The molecule has 0 bridgehead atoms. The summed E-state index contributed by atoms with van der Waals surface area (Å²) in [4.78, 5) is 16.6. The van der Waals surface area contributed by atoms with E-state index in [0.717, 1.165) is 4.70 Å². The summed E-state index contributed by atoms with van der Waals surface area (Å²) >= 11 is 1.31. The number of sulfone groups is 1. The number of hydrogen-bond acceptors (Lipinski definition) is 7. The van der Waals surface area contributed by atoms with Gasteiger partial charge in [-0.2, -0.15) is 0 Å². The van der Waals surface area contributed by atoms with Crippen LogP contribution in [0.25, 0.3) is 10.2 Å². The van der Waals surface area contributed by atoms with Crippen LogP contribution in [0.1, 0.15) is 12.0 Å². The topological polar surface area (TPSA) is 94.6 Å². The van der Waals surface area contributed by atoms with Crippen molar-refractivity contribution in [2.75, 3.05) is 24.3 Å². The van der Waals surface area contributed by atoms with Gasteiger partial charge in [-0.25, -0.2) is 13.4 Å². The molecule has 7 nitrogen and oxygen atoms in total. The first-order valence-corrected chi connectivity index (χ1v) is 11.4. The summed E-state index contributed by atoms with van der Waals surface area (Å²) in [5, 5.41) is 3.10. The lowest BCUT2D eigenvalue weighted by molar-refractivity contribution is -0.115. The summed E-state index contributed by atoms with van der Waals surface area (Å²) in [6.07, 6.45) is -0.117. The third kappa shape index (κ3) is 4.42. The van der Waals surface area contributed by atoms with Crippen LogP contribution < -0.4 is 14.8 Å². The first-order valence-electron chi connectivity index (χ1n) is 8.73. The van der Waals surface area contributed by atoms with Crippen molar-refractivity contribution in [2.24, 2.45) is 0 Å². The summed E-state index contributed by atoms with van der Waals surface area (Å²) < 4.78 is 36.4. The SMILES string of the molecule is O=C(CCS(=O)(=O)Cc1ccccc1)Nc1nc2cc3c(cc2s1)OCCO3. The van der Waals surface area contributed by atoms with Crippen LogP contribution in [0.2, 0.25) is 0 Å². The van der Waals surface area contributed by atoms with Crippen LogP contribution in [0.4, 0.5) is 5.13 Å². The smallest absolute Gasteiger partial charge is 0.227 e. The zero-order chi connectivity index (χ0) is 19.6. The van der Waals surface area contributed by atoms with Crippen LogP contribution in [-0.2, 0) is 20.4 Å². The van der Waals surface area contributed by atoms with Crippen molar-refractivity contribution in [3.8, 4) is 11.5 Å². The van der Waals surface area contributed by atoms with Crippen molar-refractivity contribution < 1.29 is 22.7 Å². The molecule has 1 aromatic heterocycles. The second-order valence-electron chi connectivity index (χ2n) is 6.36. The Hall–Kier alpha value is -2.65. The fourth-order valence-electron chi connectivity index (χ4n) is 2.85. The quantitative estimate of drug-likeness (QED) is 0.661. The molecule has 0 saturated carbocycles. The summed E-state index contributed by atoms with van der Waals surface area (Å²) in [5.41, 5.74) is 1.41. The Morgan fingerprint density at radius 2 is 1.82 bits per heavy atom. The molecule has 0 aliphatic carbocycles. The molecule has 2 heterocycles. The van der Waals surface area contributed by atoms with Gasteiger partial charge in [0, 0.05) is 18.6 Å². The van der Waals surface area contributed by atoms with E-state index < -0.39 is 9.84 Å². The number of aromatic nitrogens is 1. The Morgan fingerprint density at radius 1 is 1.11 bits per heavy atom.